The van der Waals surface area contributed by atoms with Crippen LogP contribution in [0.2, 0.25) is 0 Å². The number of amides is 2. The Morgan fingerprint density at radius 1 is 1.21 bits per heavy atom. The summed E-state index contributed by atoms with van der Waals surface area (Å²) in [6, 6.07) is 7.48. The third kappa shape index (κ3) is 4.38. The van der Waals surface area contributed by atoms with Gasteiger partial charge in [0.1, 0.15) is 5.75 Å². The molecule has 152 valence electrons. The summed E-state index contributed by atoms with van der Waals surface area (Å²) in [6.45, 7) is 8.03. The second kappa shape index (κ2) is 9.24. The lowest BCUT2D eigenvalue weighted by molar-refractivity contribution is -0.146. The van der Waals surface area contributed by atoms with Gasteiger partial charge in [-0.15, -0.1) is 6.58 Å². The highest BCUT2D eigenvalue weighted by Gasteiger charge is 2.40. The van der Waals surface area contributed by atoms with Crippen LogP contribution in [0.15, 0.2) is 36.9 Å². The first-order valence-corrected chi connectivity index (χ1v) is 10.1. The van der Waals surface area contributed by atoms with Gasteiger partial charge in [-0.2, -0.15) is 0 Å². The molecule has 2 aliphatic rings. The predicted molar refractivity (Wildman–Crippen MR) is 109 cm³/mol. The number of piperidine rings is 1. The second-order valence-electron chi connectivity index (χ2n) is 7.64. The summed E-state index contributed by atoms with van der Waals surface area (Å²) in [4.78, 5) is 31.9. The molecule has 2 amide bonds. The molecule has 0 radical (unpaired) electrons. The van der Waals surface area contributed by atoms with E-state index in [0.29, 0.717) is 12.8 Å². The summed E-state index contributed by atoms with van der Waals surface area (Å²) < 4.78 is 5.25. The summed E-state index contributed by atoms with van der Waals surface area (Å²) >= 11 is 0. The Labute approximate surface area is 167 Å². The van der Waals surface area contributed by atoms with Crippen molar-refractivity contribution in [2.75, 3.05) is 46.9 Å². The lowest BCUT2D eigenvalue weighted by atomic mass is 9.83. The Morgan fingerprint density at radius 2 is 1.96 bits per heavy atom. The summed E-state index contributed by atoms with van der Waals surface area (Å²) in [5.74, 6) is 0.826. The highest BCUT2D eigenvalue weighted by atomic mass is 16.5. The first-order valence-electron chi connectivity index (χ1n) is 10.1. The highest BCUT2D eigenvalue weighted by Crippen LogP contribution is 2.37. The molecule has 0 bridgehead atoms. The average molecular weight is 386 g/mol. The van der Waals surface area contributed by atoms with Crippen LogP contribution in [0.3, 0.4) is 0 Å². The maximum absolute atomic E-state index is 13.5. The van der Waals surface area contributed by atoms with E-state index in [2.05, 4.69) is 11.5 Å². The Kier molecular flexibility index (Phi) is 6.73. The number of ether oxygens (including phenoxy) is 1. The van der Waals surface area contributed by atoms with Crippen molar-refractivity contribution in [3.05, 3.63) is 42.5 Å². The summed E-state index contributed by atoms with van der Waals surface area (Å²) in [7, 11) is 3.44. The largest absolute Gasteiger partial charge is 0.497 e. The Bertz CT molecular complexity index is 703. The Morgan fingerprint density at radius 3 is 2.64 bits per heavy atom. The van der Waals surface area contributed by atoms with E-state index in [4.69, 9.17) is 4.74 Å². The van der Waals surface area contributed by atoms with Crippen molar-refractivity contribution < 1.29 is 14.3 Å². The average Bonchev–Trinajstić information content (AvgIpc) is 2.95. The lowest BCUT2D eigenvalue weighted by Crippen LogP contribution is -2.48. The molecule has 0 N–H and O–H groups in total. The predicted octanol–water partition coefficient (Wildman–Crippen LogP) is 2.33. The third-order valence-corrected chi connectivity index (χ3v) is 5.92. The van der Waals surface area contributed by atoms with Crippen LogP contribution in [0.1, 0.15) is 30.9 Å². The molecule has 2 heterocycles. The molecule has 1 aromatic rings. The zero-order valence-electron chi connectivity index (χ0n) is 17.0. The molecule has 0 aliphatic carbocycles. The molecule has 2 fully saturated rings. The van der Waals surface area contributed by atoms with Crippen LogP contribution >= 0.6 is 0 Å². The fourth-order valence-corrected chi connectivity index (χ4v) is 4.34. The molecular formula is C22H31N3O3. The minimum absolute atomic E-state index is 0.0953. The van der Waals surface area contributed by atoms with Gasteiger partial charge in [0.15, 0.2) is 0 Å². The van der Waals surface area contributed by atoms with Crippen molar-refractivity contribution in [3.8, 4) is 5.75 Å². The first-order chi connectivity index (χ1) is 13.5. The maximum atomic E-state index is 13.5. The number of carbonyl (C=O) groups excluding carboxylic acids is 2. The molecule has 6 heteroatoms. The van der Waals surface area contributed by atoms with Crippen molar-refractivity contribution in [2.45, 2.75) is 25.3 Å². The van der Waals surface area contributed by atoms with Crippen molar-refractivity contribution in [2.24, 2.45) is 5.92 Å². The normalized spacial score (nSPS) is 24.0. The first kappa shape index (κ1) is 20.4. The van der Waals surface area contributed by atoms with Gasteiger partial charge in [0.2, 0.25) is 11.8 Å². The standard InChI is InChI=1S/C22H31N3O3/c1-4-12-24-13-5-14-25(16-15-24)22(27)19-10-11-20(26)23(2)21(19)17-6-8-18(28-3)9-7-17/h4,6-9,19,21H,1,5,10-16H2,2-3H3. The van der Waals surface area contributed by atoms with E-state index in [1.165, 1.54) is 0 Å². The van der Waals surface area contributed by atoms with E-state index >= 15 is 0 Å². The molecule has 28 heavy (non-hydrogen) atoms. The van der Waals surface area contributed by atoms with E-state index in [1.807, 2.05) is 42.3 Å². The van der Waals surface area contributed by atoms with Gasteiger partial charge in [0.05, 0.1) is 19.1 Å². The van der Waals surface area contributed by atoms with Gasteiger partial charge >= 0.3 is 0 Å². The molecule has 0 spiro atoms. The second-order valence-corrected chi connectivity index (χ2v) is 7.64. The van der Waals surface area contributed by atoms with Gasteiger partial charge in [0.25, 0.3) is 0 Å². The lowest BCUT2D eigenvalue weighted by Gasteiger charge is -2.40. The summed E-state index contributed by atoms with van der Waals surface area (Å²) in [5, 5.41) is 0. The SMILES string of the molecule is C=CCN1CCCN(C(=O)C2CCC(=O)N(C)C2c2ccc(OC)cc2)CC1. The van der Waals surface area contributed by atoms with Gasteiger partial charge in [0, 0.05) is 46.2 Å². The molecule has 0 saturated carbocycles. The Hall–Kier alpha value is -2.34. The number of carbonyl (C=O) groups is 2. The number of hydrogen-bond acceptors (Lipinski definition) is 4. The minimum Gasteiger partial charge on any atom is -0.497 e. The van der Waals surface area contributed by atoms with Crippen LogP contribution in [-0.2, 0) is 9.59 Å². The van der Waals surface area contributed by atoms with E-state index in [-0.39, 0.29) is 23.8 Å². The number of likely N-dealkylation sites (tertiary alicyclic amines) is 1. The molecule has 2 atom stereocenters. The maximum Gasteiger partial charge on any atom is 0.228 e. The number of benzene rings is 1. The number of rotatable bonds is 5. The third-order valence-electron chi connectivity index (χ3n) is 5.92. The van der Waals surface area contributed by atoms with Crippen LogP contribution in [0.25, 0.3) is 0 Å². The van der Waals surface area contributed by atoms with E-state index in [9.17, 15) is 9.59 Å². The van der Waals surface area contributed by atoms with Gasteiger partial charge in [-0.1, -0.05) is 18.2 Å². The molecule has 3 rings (SSSR count). The zero-order chi connectivity index (χ0) is 20.1. The quantitative estimate of drug-likeness (QED) is 0.730. The van der Waals surface area contributed by atoms with Crippen LogP contribution in [-0.4, -0.2) is 73.4 Å². The molecular weight excluding hydrogens is 354 g/mol. The smallest absolute Gasteiger partial charge is 0.228 e. The zero-order valence-corrected chi connectivity index (χ0v) is 17.0. The summed E-state index contributed by atoms with van der Waals surface area (Å²) in [6.07, 6.45) is 3.91. The Balaban J connectivity index is 1.79. The molecule has 2 saturated heterocycles. The van der Waals surface area contributed by atoms with E-state index in [0.717, 1.165) is 50.5 Å². The molecule has 0 aromatic heterocycles. The fraction of sp³-hybridized carbons (Fsp3) is 0.545. The number of nitrogens with zero attached hydrogens (tertiary/aromatic N) is 3. The van der Waals surface area contributed by atoms with Crippen molar-refractivity contribution in [3.63, 3.8) is 0 Å². The number of hydrogen-bond donors (Lipinski definition) is 0. The highest BCUT2D eigenvalue weighted by molar-refractivity contribution is 5.85. The molecule has 2 unspecified atom stereocenters. The van der Waals surface area contributed by atoms with Crippen LogP contribution in [0, 0.1) is 5.92 Å². The van der Waals surface area contributed by atoms with Crippen LogP contribution < -0.4 is 4.74 Å². The van der Waals surface area contributed by atoms with Gasteiger partial charge in [-0.05, 0) is 30.5 Å². The van der Waals surface area contributed by atoms with Gasteiger partial charge in [-0.3, -0.25) is 14.5 Å². The number of methoxy groups -OCH3 is 1. The van der Waals surface area contributed by atoms with Gasteiger partial charge in [-0.25, -0.2) is 0 Å². The molecule has 1 aromatic carbocycles. The monoisotopic (exact) mass is 385 g/mol. The topological polar surface area (TPSA) is 53.1 Å². The van der Waals surface area contributed by atoms with E-state index in [1.54, 1.807) is 12.0 Å². The van der Waals surface area contributed by atoms with Gasteiger partial charge < -0.3 is 14.5 Å². The molecule has 6 nitrogen and oxygen atoms in total. The van der Waals surface area contributed by atoms with Crippen molar-refractivity contribution >= 4 is 11.8 Å². The minimum atomic E-state index is -0.229. The molecule has 2 aliphatic heterocycles. The van der Waals surface area contributed by atoms with E-state index < -0.39 is 0 Å². The van der Waals surface area contributed by atoms with Crippen molar-refractivity contribution in [1.82, 2.24) is 14.7 Å². The van der Waals surface area contributed by atoms with Crippen LogP contribution in [0.4, 0.5) is 0 Å². The van der Waals surface area contributed by atoms with Crippen molar-refractivity contribution in [1.29, 1.82) is 0 Å². The summed E-state index contributed by atoms with van der Waals surface area (Å²) in [5.41, 5.74) is 0.984. The van der Waals surface area contributed by atoms with Crippen LogP contribution in [0.5, 0.6) is 5.75 Å². The fourth-order valence-electron chi connectivity index (χ4n) is 4.34.